The second kappa shape index (κ2) is 6.01. The maximum absolute atomic E-state index is 11.8. The Kier molecular flexibility index (Phi) is 4.37. The predicted molar refractivity (Wildman–Crippen MR) is 73.6 cm³/mol. The molecule has 0 aliphatic carbocycles. The first-order valence-electron chi connectivity index (χ1n) is 6.71. The zero-order valence-corrected chi connectivity index (χ0v) is 11.3. The molecule has 18 heavy (non-hydrogen) atoms. The lowest BCUT2D eigenvalue weighted by Gasteiger charge is -2.11. The second-order valence-corrected chi connectivity index (χ2v) is 5.16. The first-order chi connectivity index (χ1) is 8.66. The van der Waals surface area contributed by atoms with Gasteiger partial charge in [-0.05, 0) is 44.4 Å². The van der Waals surface area contributed by atoms with Crippen LogP contribution in [0, 0.1) is 19.8 Å². The van der Waals surface area contributed by atoms with E-state index < -0.39 is 0 Å². The van der Waals surface area contributed by atoms with Crippen molar-refractivity contribution in [1.82, 2.24) is 10.6 Å². The number of hydrogen-bond acceptors (Lipinski definition) is 2. The van der Waals surface area contributed by atoms with Gasteiger partial charge in [-0.1, -0.05) is 23.8 Å². The summed E-state index contributed by atoms with van der Waals surface area (Å²) in [6, 6.07) is 6.48. The quantitative estimate of drug-likeness (QED) is 0.846. The van der Waals surface area contributed by atoms with Gasteiger partial charge in [-0.25, -0.2) is 0 Å². The number of hydrogen-bond donors (Lipinski definition) is 2. The van der Waals surface area contributed by atoms with Crippen molar-refractivity contribution in [1.29, 1.82) is 0 Å². The number of nitrogens with one attached hydrogen (secondary N) is 2. The van der Waals surface area contributed by atoms with Gasteiger partial charge in [-0.3, -0.25) is 4.79 Å². The second-order valence-electron chi connectivity index (χ2n) is 5.16. The van der Waals surface area contributed by atoms with Crippen LogP contribution in [0.1, 0.15) is 23.1 Å². The maximum Gasteiger partial charge on any atom is 0.224 e. The summed E-state index contributed by atoms with van der Waals surface area (Å²) in [6.07, 6.45) is 1.88. The fourth-order valence-corrected chi connectivity index (χ4v) is 2.41. The standard InChI is InChI=1S/C15H22N2O/c1-11-3-4-12(2)13(9-11)6-8-17-15(18)14-5-7-16-10-14/h3-4,9,14,16H,5-8,10H2,1-2H3,(H,17,18). The van der Waals surface area contributed by atoms with Gasteiger partial charge in [0, 0.05) is 13.1 Å². The molecule has 1 aromatic carbocycles. The lowest BCUT2D eigenvalue weighted by molar-refractivity contribution is -0.124. The molecule has 1 aliphatic rings. The van der Waals surface area contributed by atoms with Crippen LogP contribution in [0.3, 0.4) is 0 Å². The largest absolute Gasteiger partial charge is 0.355 e. The minimum Gasteiger partial charge on any atom is -0.355 e. The number of carbonyl (C=O) groups is 1. The van der Waals surface area contributed by atoms with E-state index in [1.165, 1.54) is 16.7 Å². The number of amides is 1. The van der Waals surface area contributed by atoms with Gasteiger partial charge in [0.1, 0.15) is 0 Å². The molecule has 3 nitrogen and oxygen atoms in total. The van der Waals surface area contributed by atoms with Crippen LogP contribution in [-0.4, -0.2) is 25.5 Å². The fourth-order valence-electron chi connectivity index (χ4n) is 2.41. The molecule has 0 bridgehead atoms. The highest BCUT2D eigenvalue weighted by molar-refractivity contribution is 5.79. The molecule has 0 spiro atoms. The normalized spacial score (nSPS) is 18.9. The van der Waals surface area contributed by atoms with Crippen molar-refractivity contribution < 1.29 is 4.79 Å². The van der Waals surface area contributed by atoms with Crippen molar-refractivity contribution in [2.24, 2.45) is 5.92 Å². The molecular formula is C15H22N2O. The molecule has 1 unspecified atom stereocenters. The zero-order valence-electron chi connectivity index (χ0n) is 11.3. The highest BCUT2D eigenvalue weighted by Gasteiger charge is 2.21. The summed E-state index contributed by atoms with van der Waals surface area (Å²) in [5.41, 5.74) is 3.92. The van der Waals surface area contributed by atoms with E-state index in [4.69, 9.17) is 0 Å². The van der Waals surface area contributed by atoms with E-state index in [1.807, 2.05) is 0 Å². The number of benzene rings is 1. The molecule has 98 valence electrons. The molecule has 1 fully saturated rings. The van der Waals surface area contributed by atoms with E-state index in [0.717, 1.165) is 32.5 Å². The molecule has 2 rings (SSSR count). The van der Waals surface area contributed by atoms with Crippen molar-refractivity contribution in [3.05, 3.63) is 34.9 Å². The highest BCUT2D eigenvalue weighted by atomic mass is 16.1. The summed E-state index contributed by atoms with van der Waals surface area (Å²) in [6.45, 7) is 6.76. The van der Waals surface area contributed by atoms with Crippen LogP contribution in [0.4, 0.5) is 0 Å². The Balaban J connectivity index is 1.81. The monoisotopic (exact) mass is 246 g/mol. The molecule has 1 saturated heterocycles. The summed E-state index contributed by atoms with van der Waals surface area (Å²) in [4.78, 5) is 11.8. The summed E-state index contributed by atoms with van der Waals surface area (Å²) in [5, 5.41) is 6.26. The van der Waals surface area contributed by atoms with E-state index in [0.29, 0.717) is 0 Å². The molecule has 1 heterocycles. The minimum absolute atomic E-state index is 0.170. The van der Waals surface area contributed by atoms with E-state index >= 15 is 0 Å². The summed E-state index contributed by atoms with van der Waals surface area (Å²) >= 11 is 0. The van der Waals surface area contributed by atoms with Crippen LogP contribution >= 0.6 is 0 Å². The van der Waals surface area contributed by atoms with Gasteiger partial charge in [0.15, 0.2) is 0 Å². The lowest BCUT2D eigenvalue weighted by atomic mass is 10.0. The molecule has 1 aromatic rings. The Morgan fingerprint density at radius 3 is 3.00 bits per heavy atom. The van der Waals surface area contributed by atoms with E-state index in [-0.39, 0.29) is 11.8 Å². The molecule has 0 radical (unpaired) electrons. The van der Waals surface area contributed by atoms with Gasteiger partial charge in [-0.15, -0.1) is 0 Å². The number of aryl methyl sites for hydroxylation is 2. The van der Waals surface area contributed by atoms with Crippen molar-refractivity contribution in [3.63, 3.8) is 0 Å². The highest BCUT2D eigenvalue weighted by Crippen LogP contribution is 2.11. The van der Waals surface area contributed by atoms with Gasteiger partial charge in [0.05, 0.1) is 5.92 Å². The molecule has 2 N–H and O–H groups in total. The van der Waals surface area contributed by atoms with Crippen LogP contribution in [0.25, 0.3) is 0 Å². The Bertz CT molecular complexity index is 423. The zero-order chi connectivity index (χ0) is 13.0. The Labute approximate surface area is 109 Å². The third kappa shape index (κ3) is 3.33. The Hall–Kier alpha value is -1.35. The molecule has 1 amide bonds. The Morgan fingerprint density at radius 2 is 2.28 bits per heavy atom. The van der Waals surface area contributed by atoms with Gasteiger partial charge in [0.25, 0.3) is 0 Å². The topological polar surface area (TPSA) is 41.1 Å². The van der Waals surface area contributed by atoms with Crippen LogP contribution in [0.2, 0.25) is 0 Å². The first kappa shape index (κ1) is 13.1. The lowest BCUT2D eigenvalue weighted by Crippen LogP contribution is -2.33. The molecule has 1 atom stereocenters. The Morgan fingerprint density at radius 1 is 1.44 bits per heavy atom. The number of carbonyl (C=O) groups excluding carboxylic acids is 1. The average Bonchev–Trinajstić information content (AvgIpc) is 2.87. The summed E-state index contributed by atoms with van der Waals surface area (Å²) < 4.78 is 0. The van der Waals surface area contributed by atoms with Crippen molar-refractivity contribution in [2.75, 3.05) is 19.6 Å². The molecule has 3 heteroatoms. The van der Waals surface area contributed by atoms with E-state index in [1.54, 1.807) is 0 Å². The summed E-state index contributed by atoms with van der Waals surface area (Å²) in [5.74, 6) is 0.369. The third-order valence-corrected chi connectivity index (χ3v) is 3.63. The van der Waals surface area contributed by atoms with Crippen molar-refractivity contribution in [3.8, 4) is 0 Å². The SMILES string of the molecule is Cc1ccc(C)c(CCNC(=O)C2CCNC2)c1. The van der Waals surface area contributed by atoms with Gasteiger partial charge in [-0.2, -0.15) is 0 Å². The first-order valence-corrected chi connectivity index (χ1v) is 6.71. The van der Waals surface area contributed by atoms with E-state index in [2.05, 4.69) is 42.7 Å². The van der Waals surface area contributed by atoms with Gasteiger partial charge < -0.3 is 10.6 Å². The van der Waals surface area contributed by atoms with Crippen molar-refractivity contribution in [2.45, 2.75) is 26.7 Å². The van der Waals surface area contributed by atoms with E-state index in [9.17, 15) is 4.79 Å². The van der Waals surface area contributed by atoms with Crippen LogP contribution in [0.5, 0.6) is 0 Å². The minimum atomic E-state index is 0.170. The molecule has 0 saturated carbocycles. The fraction of sp³-hybridized carbons (Fsp3) is 0.533. The maximum atomic E-state index is 11.8. The predicted octanol–water partition coefficient (Wildman–Crippen LogP) is 1.57. The smallest absolute Gasteiger partial charge is 0.224 e. The van der Waals surface area contributed by atoms with Crippen LogP contribution in [-0.2, 0) is 11.2 Å². The molecule has 1 aliphatic heterocycles. The molecular weight excluding hydrogens is 224 g/mol. The van der Waals surface area contributed by atoms with Crippen molar-refractivity contribution >= 4 is 5.91 Å². The van der Waals surface area contributed by atoms with Crippen LogP contribution in [0.15, 0.2) is 18.2 Å². The average molecular weight is 246 g/mol. The van der Waals surface area contributed by atoms with Crippen LogP contribution < -0.4 is 10.6 Å². The number of rotatable bonds is 4. The molecule has 0 aromatic heterocycles. The third-order valence-electron chi connectivity index (χ3n) is 3.63. The summed E-state index contributed by atoms with van der Waals surface area (Å²) in [7, 11) is 0. The van der Waals surface area contributed by atoms with Gasteiger partial charge in [0.2, 0.25) is 5.91 Å². The van der Waals surface area contributed by atoms with Gasteiger partial charge >= 0.3 is 0 Å².